The Balaban J connectivity index is 1.82. The highest BCUT2D eigenvalue weighted by Gasteiger charge is 2.23. The van der Waals surface area contributed by atoms with Gasteiger partial charge in [-0.2, -0.15) is 0 Å². The maximum Gasteiger partial charge on any atom is 0.326 e. The molecule has 0 bridgehead atoms. The van der Waals surface area contributed by atoms with Gasteiger partial charge in [0.05, 0.1) is 4.47 Å². The lowest BCUT2D eigenvalue weighted by Crippen LogP contribution is -2.22. The van der Waals surface area contributed by atoms with E-state index in [0.29, 0.717) is 10.9 Å². The topological polar surface area (TPSA) is 71.3 Å². The minimum absolute atomic E-state index is 0.165. The van der Waals surface area contributed by atoms with Crippen LogP contribution in [0, 0.1) is 6.92 Å². The summed E-state index contributed by atoms with van der Waals surface area (Å²) >= 11 is 4.91. The number of urea groups is 1. The van der Waals surface area contributed by atoms with Crippen molar-refractivity contribution in [2.75, 3.05) is 0 Å². The Morgan fingerprint density at radius 3 is 2.55 bits per heavy atom. The molecular formula is C15H11BrN2O3S. The van der Waals surface area contributed by atoms with Gasteiger partial charge in [-0.05, 0) is 41.1 Å². The lowest BCUT2D eigenvalue weighted by molar-refractivity contribution is -0.115. The fraction of sp³-hybridized carbons (Fsp3) is 0.0667. The van der Waals surface area contributed by atoms with Crippen molar-refractivity contribution in [3.8, 4) is 0 Å². The monoisotopic (exact) mass is 378 g/mol. The van der Waals surface area contributed by atoms with E-state index in [1.807, 2.05) is 31.2 Å². The standard InChI is InChI=1S/C15H11BrN2O3S/c1-8-2-4-10(5-3-8)22-14-11(16)6-9(21-14)7-12-13(19)18-15(20)17-12/h2-7H,1H3,(H2,17,18,19,20). The fourth-order valence-electron chi connectivity index (χ4n) is 1.85. The molecule has 0 atom stereocenters. The van der Waals surface area contributed by atoms with Crippen LogP contribution in [-0.4, -0.2) is 11.9 Å². The van der Waals surface area contributed by atoms with Gasteiger partial charge in [0.25, 0.3) is 5.91 Å². The summed E-state index contributed by atoms with van der Waals surface area (Å²) in [4.78, 5) is 23.6. The highest BCUT2D eigenvalue weighted by molar-refractivity contribution is 9.10. The van der Waals surface area contributed by atoms with Gasteiger partial charge in [-0.3, -0.25) is 10.1 Å². The lowest BCUT2D eigenvalue weighted by Gasteiger charge is -1.99. The number of rotatable bonds is 3. The highest BCUT2D eigenvalue weighted by atomic mass is 79.9. The second kappa shape index (κ2) is 6.02. The number of imide groups is 1. The second-order valence-electron chi connectivity index (χ2n) is 4.67. The summed E-state index contributed by atoms with van der Waals surface area (Å²) in [5.74, 6) is 0.0131. The number of amides is 3. The van der Waals surface area contributed by atoms with E-state index < -0.39 is 11.9 Å². The third kappa shape index (κ3) is 3.26. The smallest absolute Gasteiger partial charge is 0.326 e. The Morgan fingerprint density at radius 2 is 1.91 bits per heavy atom. The molecule has 0 spiro atoms. The van der Waals surface area contributed by atoms with E-state index in [9.17, 15) is 9.59 Å². The van der Waals surface area contributed by atoms with Crippen molar-refractivity contribution in [2.24, 2.45) is 0 Å². The van der Waals surface area contributed by atoms with Crippen LogP contribution in [0.1, 0.15) is 11.3 Å². The zero-order valence-electron chi connectivity index (χ0n) is 11.5. The second-order valence-corrected chi connectivity index (χ2v) is 6.57. The van der Waals surface area contributed by atoms with Gasteiger partial charge < -0.3 is 9.73 Å². The number of aryl methyl sites for hydroxylation is 1. The number of nitrogens with one attached hydrogen (secondary N) is 2. The number of benzene rings is 1. The molecule has 2 N–H and O–H groups in total. The van der Waals surface area contributed by atoms with Crippen LogP contribution in [0.15, 0.2) is 54.9 Å². The van der Waals surface area contributed by atoms with Crippen molar-refractivity contribution in [3.05, 3.63) is 51.8 Å². The molecule has 0 radical (unpaired) electrons. The van der Waals surface area contributed by atoms with Crippen molar-refractivity contribution in [3.63, 3.8) is 0 Å². The number of halogens is 1. The van der Waals surface area contributed by atoms with Crippen LogP contribution in [0.25, 0.3) is 6.08 Å². The maximum atomic E-state index is 11.5. The predicted octanol–water partition coefficient (Wildman–Crippen LogP) is 3.68. The Hall–Kier alpha value is -1.99. The molecule has 22 heavy (non-hydrogen) atoms. The first-order valence-corrected chi connectivity index (χ1v) is 8.00. The molecular weight excluding hydrogens is 368 g/mol. The number of carbonyl (C=O) groups is 2. The van der Waals surface area contributed by atoms with E-state index in [2.05, 4.69) is 26.6 Å². The van der Waals surface area contributed by atoms with Crippen LogP contribution in [0.3, 0.4) is 0 Å². The minimum Gasteiger partial charge on any atom is -0.449 e. The van der Waals surface area contributed by atoms with Crippen LogP contribution in [0.5, 0.6) is 0 Å². The Morgan fingerprint density at radius 1 is 1.18 bits per heavy atom. The molecule has 3 amide bonds. The summed E-state index contributed by atoms with van der Waals surface area (Å²) in [6.45, 7) is 2.03. The largest absolute Gasteiger partial charge is 0.449 e. The number of hydrogen-bond acceptors (Lipinski definition) is 4. The van der Waals surface area contributed by atoms with Crippen LogP contribution < -0.4 is 10.6 Å². The van der Waals surface area contributed by atoms with E-state index in [1.54, 1.807) is 6.07 Å². The first kappa shape index (κ1) is 14.9. The molecule has 2 aromatic rings. The van der Waals surface area contributed by atoms with Crippen LogP contribution in [-0.2, 0) is 4.79 Å². The molecule has 1 fully saturated rings. The quantitative estimate of drug-likeness (QED) is 0.631. The molecule has 0 saturated carbocycles. The summed E-state index contributed by atoms with van der Waals surface area (Å²) in [5.41, 5.74) is 1.36. The predicted molar refractivity (Wildman–Crippen MR) is 86.4 cm³/mol. The van der Waals surface area contributed by atoms with E-state index in [-0.39, 0.29) is 5.70 Å². The van der Waals surface area contributed by atoms with Crippen molar-refractivity contribution < 1.29 is 14.0 Å². The summed E-state index contributed by atoms with van der Waals surface area (Å²) in [7, 11) is 0. The van der Waals surface area contributed by atoms with Crippen LogP contribution >= 0.6 is 27.7 Å². The van der Waals surface area contributed by atoms with Crippen molar-refractivity contribution in [1.82, 2.24) is 10.6 Å². The fourth-order valence-corrected chi connectivity index (χ4v) is 3.18. The molecule has 1 aliphatic heterocycles. The summed E-state index contributed by atoms with van der Waals surface area (Å²) < 4.78 is 6.49. The van der Waals surface area contributed by atoms with Gasteiger partial charge in [-0.15, -0.1) is 0 Å². The third-order valence-electron chi connectivity index (χ3n) is 2.91. The molecule has 0 unspecified atom stereocenters. The van der Waals surface area contributed by atoms with Gasteiger partial charge in [-0.25, -0.2) is 4.79 Å². The van der Waals surface area contributed by atoms with E-state index >= 15 is 0 Å². The average molecular weight is 379 g/mol. The molecule has 1 aliphatic rings. The van der Waals surface area contributed by atoms with E-state index in [0.717, 1.165) is 9.37 Å². The zero-order chi connectivity index (χ0) is 15.7. The van der Waals surface area contributed by atoms with Gasteiger partial charge in [0, 0.05) is 11.0 Å². The highest BCUT2D eigenvalue weighted by Crippen LogP contribution is 2.36. The molecule has 2 heterocycles. The van der Waals surface area contributed by atoms with Crippen LogP contribution in [0.2, 0.25) is 0 Å². The van der Waals surface area contributed by atoms with Gasteiger partial charge >= 0.3 is 6.03 Å². The Bertz CT molecular complexity index is 781. The Kier molecular flexibility index (Phi) is 4.08. The molecule has 5 nitrogen and oxygen atoms in total. The lowest BCUT2D eigenvalue weighted by atomic mass is 10.2. The van der Waals surface area contributed by atoms with Gasteiger partial charge in [0.2, 0.25) is 0 Å². The van der Waals surface area contributed by atoms with Crippen molar-refractivity contribution >= 4 is 45.7 Å². The first-order valence-electron chi connectivity index (χ1n) is 6.39. The summed E-state index contributed by atoms with van der Waals surface area (Å²) in [6, 6.07) is 9.30. The molecule has 1 aromatic carbocycles. The van der Waals surface area contributed by atoms with Gasteiger partial charge in [0.15, 0.2) is 5.09 Å². The van der Waals surface area contributed by atoms with E-state index in [1.165, 1.54) is 23.4 Å². The molecule has 112 valence electrons. The number of carbonyl (C=O) groups excluding carboxylic acids is 2. The average Bonchev–Trinajstić information content (AvgIpc) is 2.96. The summed E-state index contributed by atoms with van der Waals surface area (Å²) in [6.07, 6.45) is 1.49. The van der Waals surface area contributed by atoms with Crippen molar-refractivity contribution in [1.29, 1.82) is 0 Å². The normalized spacial score (nSPS) is 16.0. The van der Waals surface area contributed by atoms with E-state index in [4.69, 9.17) is 4.42 Å². The first-order chi connectivity index (χ1) is 10.5. The molecule has 3 rings (SSSR count). The molecule has 1 aromatic heterocycles. The molecule has 0 aliphatic carbocycles. The molecule has 1 saturated heterocycles. The van der Waals surface area contributed by atoms with Gasteiger partial charge in [0.1, 0.15) is 11.5 Å². The van der Waals surface area contributed by atoms with Gasteiger partial charge in [-0.1, -0.05) is 29.5 Å². The minimum atomic E-state index is -0.531. The van der Waals surface area contributed by atoms with Crippen LogP contribution in [0.4, 0.5) is 4.79 Å². The maximum absolute atomic E-state index is 11.5. The zero-order valence-corrected chi connectivity index (χ0v) is 13.9. The SMILES string of the molecule is Cc1ccc(Sc2oc(C=C3NC(=O)NC3=O)cc2Br)cc1. The summed E-state index contributed by atoms with van der Waals surface area (Å²) in [5, 5.41) is 5.23. The Labute approximate surface area is 139 Å². The number of furan rings is 1. The van der Waals surface area contributed by atoms with Crippen molar-refractivity contribution in [2.45, 2.75) is 16.9 Å². The molecule has 7 heteroatoms. The number of hydrogen-bond donors (Lipinski definition) is 2. The third-order valence-corrected chi connectivity index (χ3v) is 4.76.